The molecule has 1 aromatic heterocycles. The zero-order valence-electron chi connectivity index (χ0n) is 25.1. The van der Waals surface area contributed by atoms with E-state index >= 15 is 0 Å². The monoisotopic (exact) mass is 579 g/mol. The van der Waals surface area contributed by atoms with Gasteiger partial charge in [-0.1, -0.05) is 92.7 Å². The number of allylic oxidation sites excluding steroid dienone is 3. The Bertz CT molecular complexity index is 1020. The quantitative estimate of drug-likeness (QED) is 0.214. The molecule has 4 atom stereocenters. The van der Waals surface area contributed by atoms with Crippen molar-refractivity contribution < 1.29 is 13.9 Å². The van der Waals surface area contributed by atoms with Crippen LogP contribution in [0.1, 0.15) is 79.5 Å². The van der Waals surface area contributed by atoms with Crippen LogP contribution in [0.4, 0.5) is 4.39 Å². The van der Waals surface area contributed by atoms with Crippen LogP contribution in [0.25, 0.3) is 0 Å². The first-order valence-corrected chi connectivity index (χ1v) is 14.6. The summed E-state index contributed by atoms with van der Waals surface area (Å²) >= 11 is 6.02. The number of methoxy groups -OCH3 is 1. The molecular weight excluding hydrogens is 532 g/mol. The topological polar surface area (TPSA) is 64.1 Å². The largest absolute Gasteiger partial charge is 0.467 e. The molecule has 0 saturated heterocycles. The molecule has 218 valence electrons. The highest BCUT2D eigenvalue weighted by Crippen LogP contribution is 2.31. The number of carbonyl (C=O) groups excluding carboxylic acids is 1. The fourth-order valence-electron chi connectivity index (χ4n) is 3.49. The highest BCUT2D eigenvalue weighted by atomic mass is 35.5. The smallest absolute Gasteiger partial charge is 0.316 e. The van der Waals surface area contributed by atoms with Crippen molar-refractivity contribution >= 4 is 26.7 Å². The molecule has 5 nitrogen and oxygen atoms in total. The second-order valence-corrected chi connectivity index (χ2v) is 10.8. The predicted octanol–water partition coefficient (Wildman–Crippen LogP) is 8.49. The number of rotatable bonds is 11. The van der Waals surface area contributed by atoms with E-state index in [9.17, 15) is 9.18 Å². The summed E-state index contributed by atoms with van der Waals surface area (Å²) in [5.74, 6) is 0.318. The number of nitrogens with zero attached hydrogens (tertiary/aromatic N) is 2. The minimum atomic E-state index is -1.53. The number of benzene rings is 1. The summed E-state index contributed by atoms with van der Waals surface area (Å²) in [5, 5.41) is 2.40. The molecule has 0 radical (unpaired) electrons. The van der Waals surface area contributed by atoms with Crippen LogP contribution in [-0.2, 0) is 16.6 Å². The minimum Gasteiger partial charge on any atom is -0.467 e. The molecule has 2 rings (SSSR count). The van der Waals surface area contributed by atoms with Crippen molar-refractivity contribution in [2.75, 3.05) is 7.11 Å². The Morgan fingerprint density at radius 3 is 2.26 bits per heavy atom. The molecule has 0 saturated carbocycles. The summed E-state index contributed by atoms with van der Waals surface area (Å²) in [4.78, 5) is 19.8. The van der Waals surface area contributed by atoms with E-state index in [4.69, 9.17) is 16.3 Å². The van der Waals surface area contributed by atoms with Gasteiger partial charge in [-0.25, -0.2) is 9.37 Å². The van der Waals surface area contributed by atoms with Crippen molar-refractivity contribution in [3.8, 4) is 6.01 Å². The van der Waals surface area contributed by atoms with Gasteiger partial charge in [-0.15, -0.1) is 0 Å². The zero-order valence-corrected chi connectivity index (χ0v) is 27.0. The third-order valence-electron chi connectivity index (χ3n) is 5.60. The third-order valence-corrected chi connectivity index (χ3v) is 6.15. The number of hydrogen-bond acceptors (Lipinski definition) is 4. The van der Waals surface area contributed by atoms with Gasteiger partial charge in [0.15, 0.2) is 5.41 Å². The Balaban J connectivity index is 0.000000858. The fourth-order valence-corrected chi connectivity index (χ4v) is 3.78. The summed E-state index contributed by atoms with van der Waals surface area (Å²) in [5.41, 5.74) is 2.81. The van der Waals surface area contributed by atoms with E-state index in [1.54, 1.807) is 0 Å². The first kappa shape index (κ1) is 36.7. The molecule has 0 spiro atoms. The minimum absolute atomic E-state index is 0.0107. The number of ether oxygens (including phenoxy) is 1. The van der Waals surface area contributed by atoms with E-state index in [-0.39, 0.29) is 29.8 Å². The van der Waals surface area contributed by atoms with Gasteiger partial charge in [0.25, 0.3) is 0 Å². The van der Waals surface area contributed by atoms with Crippen LogP contribution in [0, 0.1) is 11.8 Å². The molecule has 1 amide bonds. The van der Waals surface area contributed by atoms with Crippen LogP contribution in [-0.4, -0.2) is 29.0 Å². The van der Waals surface area contributed by atoms with Crippen LogP contribution < -0.4 is 10.1 Å². The zero-order chi connectivity index (χ0) is 30.0. The second-order valence-electron chi connectivity index (χ2n) is 9.32. The Labute approximate surface area is 243 Å². The van der Waals surface area contributed by atoms with E-state index in [1.165, 1.54) is 37.4 Å². The molecule has 1 N–H and O–H groups in total. The molecule has 0 fully saturated rings. The van der Waals surface area contributed by atoms with Crippen molar-refractivity contribution in [3.05, 3.63) is 76.6 Å². The maximum atomic E-state index is 13.3. The fraction of sp³-hybridized carbons (Fsp3) is 0.516. The lowest BCUT2D eigenvalue weighted by Crippen LogP contribution is -2.41. The summed E-state index contributed by atoms with van der Waals surface area (Å²) in [7, 11) is 3.50. The lowest BCUT2D eigenvalue weighted by Gasteiger charge is -2.27. The van der Waals surface area contributed by atoms with E-state index in [0.717, 1.165) is 24.3 Å². The lowest BCUT2D eigenvalue weighted by molar-refractivity contribution is -0.124. The maximum Gasteiger partial charge on any atom is 0.316 e. The Hall–Kier alpha value is -2.30. The van der Waals surface area contributed by atoms with Crippen LogP contribution in [0.15, 0.2) is 60.3 Å². The first-order chi connectivity index (χ1) is 18.4. The maximum absolute atomic E-state index is 13.3. The number of alkyl halides is 1. The van der Waals surface area contributed by atoms with E-state index in [1.807, 2.05) is 39.8 Å². The number of halogens is 2. The SMILES string of the molecule is CC.CC/C=C\C(=C/CC)C(Cc1ccc(Cl)cc1)[C@H](C)NC(=O)C(C)C.COc1nccc(C(C)(F)P)n1. The molecular formula is C31H48ClFN3O2P. The van der Waals surface area contributed by atoms with Crippen LogP contribution in [0.3, 0.4) is 0 Å². The van der Waals surface area contributed by atoms with Crippen LogP contribution in [0.2, 0.25) is 5.02 Å². The Morgan fingerprint density at radius 2 is 1.77 bits per heavy atom. The Morgan fingerprint density at radius 1 is 1.15 bits per heavy atom. The van der Waals surface area contributed by atoms with E-state index in [2.05, 4.69) is 75.7 Å². The van der Waals surface area contributed by atoms with Gasteiger partial charge >= 0.3 is 6.01 Å². The highest BCUT2D eigenvalue weighted by Gasteiger charge is 2.23. The number of aromatic nitrogens is 2. The number of hydrogen-bond donors (Lipinski definition) is 1. The molecule has 1 heterocycles. The highest BCUT2D eigenvalue weighted by molar-refractivity contribution is 7.18. The van der Waals surface area contributed by atoms with Gasteiger partial charge in [-0.2, -0.15) is 4.98 Å². The van der Waals surface area contributed by atoms with Crippen LogP contribution >= 0.6 is 20.8 Å². The normalized spacial score (nSPS) is 14.3. The standard InChI is InChI=1S/C22H32ClNO.C7H10FN2OP.C2H6/c1-6-8-10-19(9-7-2)21(17(5)24-22(25)16(3)4)15-18-11-13-20(23)14-12-18;1-7(8,12)5-3-4-9-6(10-5)11-2;1-2/h8-14,16-17,21H,6-7,15H2,1-5H3,(H,24,25);3-4H,12H2,1-2H3;1-2H3/b10-8-,19-9+;;/t17-,21?;;/m0../s1. The van der Waals surface area contributed by atoms with Crippen LogP contribution in [0.5, 0.6) is 6.01 Å². The Kier molecular flexibility index (Phi) is 18.5. The molecule has 8 heteroatoms. The van der Waals surface area contributed by atoms with Gasteiger partial charge in [0, 0.05) is 29.1 Å². The van der Waals surface area contributed by atoms with E-state index in [0.29, 0.717) is 5.69 Å². The second kappa shape index (κ2) is 19.7. The average molecular weight is 580 g/mol. The first-order valence-electron chi connectivity index (χ1n) is 13.7. The number of carbonyl (C=O) groups is 1. The van der Waals surface area contributed by atoms with Crippen molar-refractivity contribution in [1.82, 2.24) is 15.3 Å². The van der Waals surface area contributed by atoms with Gasteiger partial charge < -0.3 is 10.1 Å². The molecule has 0 bridgehead atoms. The molecule has 3 unspecified atom stereocenters. The molecule has 0 aliphatic carbocycles. The van der Waals surface area contributed by atoms with Gasteiger partial charge in [-0.05, 0) is 62.4 Å². The summed E-state index contributed by atoms with van der Waals surface area (Å²) in [6, 6.07) is 9.74. The molecule has 0 aliphatic heterocycles. The van der Waals surface area contributed by atoms with Gasteiger partial charge in [0.1, 0.15) is 0 Å². The predicted molar refractivity (Wildman–Crippen MR) is 167 cm³/mol. The summed E-state index contributed by atoms with van der Waals surface area (Å²) in [6.45, 7) is 15.6. The van der Waals surface area contributed by atoms with Crippen molar-refractivity contribution in [3.63, 3.8) is 0 Å². The van der Waals surface area contributed by atoms with Crippen molar-refractivity contribution in [2.45, 2.75) is 86.1 Å². The van der Waals surface area contributed by atoms with Gasteiger partial charge in [0.2, 0.25) is 5.91 Å². The van der Waals surface area contributed by atoms with Gasteiger partial charge in [0.05, 0.1) is 12.8 Å². The van der Waals surface area contributed by atoms with Crippen molar-refractivity contribution in [1.29, 1.82) is 0 Å². The van der Waals surface area contributed by atoms with Gasteiger partial charge in [-0.3, -0.25) is 4.79 Å². The number of amides is 1. The van der Waals surface area contributed by atoms with Crippen molar-refractivity contribution in [2.24, 2.45) is 11.8 Å². The number of nitrogens with one attached hydrogen (secondary N) is 1. The summed E-state index contributed by atoms with van der Waals surface area (Å²) in [6.07, 6.45) is 11.0. The molecule has 39 heavy (non-hydrogen) atoms. The van der Waals surface area contributed by atoms with E-state index < -0.39 is 5.41 Å². The summed E-state index contributed by atoms with van der Waals surface area (Å²) < 4.78 is 18.0. The average Bonchev–Trinajstić information content (AvgIpc) is 2.91. The molecule has 0 aliphatic rings. The lowest BCUT2D eigenvalue weighted by atomic mass is 9.85. The molecule has 2 aromatic rings. The molecule has 1 aromatic carbocycles. The third kappa shape index (κ3) is 14.6.